The Balaban J connectivity index is 1.68. The van der Waals surface area contributed by atoms with Crippen LogP contribution < -0.4 is 16.0 Å². The highest BCUT2D eigenvalue weighted by Gasteiger charge is 2.16. The first-order chi connectivity index (χ1) is 11.2. The fourth-order valence-corrected chi connectivity index (χ4v) is 2.86. The number of amides is 1. The lowest BCUT2D eigenvalue weighted by Crippen LogP contribution is -2.32. The van der Waals surface area contributed by atoms with Crippen LogP contribution in [0.4, 0.5) is 11.4 Å². The zero-order valence-electron chi connectivity index (χ0n) is 13.4. The van der Waals surface area contributed by atoms with E-state index in [1.807, 2.05) is 18.2 Å². The molecule has 3 N–H and O–H groups in total. The van der Waals surface area contributed by atoms with Gasteiger partial charge in [0.1, 0.15) is 12.0 Å². The molecule has 1 fully saturated rings. The minimum Gasteiger partial charge on any atom is -0.467 e. The van der Waals surface area contributed by atoms with Crippen LogP contribution in [0.5, 0.6) is 0 Å². The van der Waals surface area contributed by atoms with Gasteiger partial charge < -0.3 is 20.4 Å². The SMILES string of the molecule is CC1CCN(c2cccc(NC(=O)c3coc(CN)c3)c2)CC1. The van der Waals surface area contributed by atoms with Crippen molar-refractivity contribution in [2.75, 3.05) is 23.3 Å². The van der Waals surface area contributed by atoms with E-state index in [9.17, 15) is 4.79 Å². The highest BCUT2D eigenvalue weighted by atomic mass is 16.3. The number of nitrogens with two attached hydrogens (primary N) is 1. The largest absolute Gasteiger partial charge is 0.467 e. The molecule has 5 heteroatoms. The van der Waals surface area contributed by atoms with Gasteiger partial charge in [-0.2, -0.15) is 0 Å². The first kappa shape index (κ1) is 15.6. The minimum absolute atomic E-state index is 0.183. The highest BCUT2D eigenvalue weighted by molar-refractivity contribution is 6.04. The Morgan fingerprint density at radius 3 is 2.83 bits per heavy atom. The zero-order valence-corrected chi connectivity index (χ0v) is 13.4. The van der Waals surface area contributed by atoms with Gasteiger partial charge in [0, 0.05) is 24.5 Å². The Kier molecular flexibility index (Phi) is 4.67. The molecule has 1 aromatic heterocycles. The number of nitrogens with one attached hydrogen (secondary N) is 1. The Bertz CT molecular complexity index is 672. The molecule has 1 aliphatic rings. The molecule has 3 rings (SSSR count). The molecule has 0 spiro atoms. The van der Waals surface area contributed by atoms with Gasteiger partial charge in [0.25, 0.3) is 5.91 Å². The second-order valence-corrected chi connectivity index (χ2v) is 6.18. The lowest BCUT2D eigenvalue weighted by molar-refractivity contribution is 0.102. The van der Waals surface area contributed by atoms with E-state index in [1.54, 1.807) is 6.07 Å². The minimum atomic E-state index is -0.183. The van der Waals surface area contributed by atoms with E-state index in [4.69, 9.17) is 10.2 Å². The van der Waals surface area contributed by atoms with Crippen LogP contribution in [0.15, 0.2) is 41.0 Å². The van der Waals surface area contributed by atoms with E-state index < -0.39 is 0 Å². The van der Waals surface area contributed by atoms with Gasteiger partial charge in [-0.05, 0) is 43.0 Å². The van der Waals surface area contributed by atoms with E-state index in [0.29, 0.717) is 11.3 Å². The van der Waals surface area contributed by atoms with Crippen molar-refractivity contribution in [1.29, 1.82) is 0 Å². The third kappa shape index (κ3) is 3.74. The molecular weight excluding hydrogens is 290 g/mol. The van der Waals surface area contributed by atoms with Crippen LogP contribution in [-0.2, 0) is 6.54 Å². The Labute approximate surface area is 136 Å². The molecular formula is C18H23N3O2. The molecule has 0 atom stereocenters. The van der Waals surface area contributed by atoms with Crippen molar-refractivity contribution >= 4 is 17.3 Å². The lowest BCUT2D eigenvalue weighted by atomic mass is 9.99. The number of hydrogen-bond donors (Lipinski definition) is 2. The molecule has 1 saturated heterocycles. The third-order valence-electron chi connectivity index (χ3n) is 4.37. The number of piperidine rings is 1. The predicted octanol–water partition coefficient (Wildman–Crippen LogP) is 3.23. The summed E-state index contributed by atoms with van der Waals surface area (Å²) in [6, 6.07) is 9.67. The number of nitrogens with zero attached hydrogens (tertiary/aromatic N) is 1. The zero-order chi connectivity index (χ0) is 16.2. The number of rotatable bonds is 4. The number of anilines is 2. The lowest BCUT2D eigenvalue weighted by Gasteiger charge is -2.32. The van der Waals surface area contributed by atoms with E-state index in [2.05, 4.69) is 23.2 Å². The standard InChI is InChI=1S/C18H23N3O2/c1-13-5-7-21(8-6-13)16-4-2-3-15(10-16)20-18(22)14-9-17(11-19)23-12-14/h2-4,9-10,12-13H,5-8,11,19H2,1H3,(H,20,22). The van der Waals surface area contributed by atoms with Crippen LogP contribution in [0.3, 0.4) is 0 Å². The summed E-state index contributed by atoms with van der Waals surface area (Å²) in [7, 11) is 0. The van der Waals surface area contributed by atoms with E-state index in [-0.39, 0.29) is 12.5 Å². The van der Waals surface area contributed by atoms with Crippen LogP contribution in [0, 0.1) is 5.92 Å². The normalized spacial score (nSPS) is 15.7. The van der Waals surface area contributed by atoms with Crippen LogP contribution in [-0.4, -0.2) is 19.0 Å². The summed E-state index contributed by atoms with van der Waals surface area (Å²) in [5.74, 6) is 1.22. The highest BCUT2D eigenvalue weighted by Crippen LogP contribution is 2.25. The third-order valence-corrected chi connectivity index (χ3v) is 4.37. The molecule has 122 valence electrons. The van der Waals surface area contributed by atoms with Crippen molar-refractivity contribution < 1.29 is 9.21 Å². The molecule has 0 aliphatic carbocycles. The van der Waals surface area contributed by atoms with Gasteiger partial charge >= 0.3 is 0 Å². The van der Waals surface area contributed by atoms with Gasteiger partial charge in [0.15, 0.2) is 0 Å². The van der Waals surface area contributed by atoms with E-state index in [0.717, 1.165) is 30.4 Å². The molecule has 2 aromatic rings. The maximum Gasteiger partial charge on any atom is 0.258 e. The van der Waals surface area contributed by atoms with Crippen molar-refractivity contribution in [2.24, 2.45) is 11.7 Å². The van der Waals surface area contributed by atoms with Crippen molar-refractivity contribution in [3.63, 3.8) is 0 Å². The van der Waals surface area contributed by atoms with Crippen molar-refractivity contribution in [2.45, 2.75) is 26.3 Å². The second-order valence-electron chi connectivity index (χ2n) is 6.18. The number of hydrogen-bond acceptors (Lipinski definition) is 4. The molecule has 1 amide bonds. The first-order valence-corrected chi connectivity index (χ1v) is 8.09. The van der Waals surface area contributed by atoms with E-state index >= 15 is 0 Å². The summed E-state index contributed by atoms with van der Waals surface area (Å²) in [6.07, 6.45) is 3.87. The van der Waals surface area contributed by atoms with Gasteiger partial charge in [0.2, 0.25) is 0 Å². The summed E-state index contributed by atoms with van der Waals surface area (Å²) in [5, 5.41) is 2.92. The van der Waals surface area contributed by atoms with Crippen LogP contribution in [0.1, 0.15) is 35.9 Å². The average Bonchev–Trinajstić information content (AvgIpc) is 3.05. The topological polar surface area (TPSA) is 71.5 Å². The van der Waals surface area contributed by atoms with E-state index in [1.165, 1.54) is 19.1 Å². The number of benzene rings is 1. The Morgan fingerprint density at radius 2 is 2.13 bits per heavy atom. The molecule has 5 nitrogen and oxygen atoms in total. The summed E-state index contributed by atoms with van der Waals surface area (Å²) in [4.78, 5) is 14.6. The molecule has 0 bridgehead atoms. The van der Waals surface area contributed by atoms with Crippen LogP contribution in [0.25, 0.3) is 0 Å². The number of carbonyl (C=O) groups is 1. The van der Waals surface area contributed by atoms with Crippen molar-refractivity contribution in [3.8, 4) is 0 Å². The predicted molar refractivity (Wildman–Crippen MR) is 91.6 cm³/mol. The second kappa shape index (κ2) is 6.87. The molecule has 1 aromatic carbocycles. The fraction of sp³-hybridized carbons (Fsp3) is 0.389. The summed E-state index contributed by atoms with van der Waals surface area (Å²) < 4.78 is 5.21. The smallest absolute Gasteiger partial charge is 0.258 e. The monoisotopic (exact) mass is 313 g/mol. The van der Waals surface area contributed by atoms with Gasteiger partial charge in [0.05, 0.1) is 12.1 Å². The van der Waals surface area contributed by atoms with Crippen LogP contribution in [0.2, 0.25) is 0 Å². The summed E-state index contributed by atoms with van der Waals surface area (Å²) in [6.45, 7) is 4.73. The van der Waals surface area contributed by atoms with Gasteiger partial charge in [-0.15, -0.1) is 0 Å². The number of furan rings is 1. The number of carbonyl (C=O) groups excluding carboxylic acids is 1. The maximum atomic E-state index is 12.2. The van der Waals surface area contributed by atoms with Gasteiger partial charge in [-0.3, -0.25) is 4.79 Å². The average molecular weight is 313 g/mol. The summed E-state index contributed by atoms with van der Waals surface area (Å²) in [5.41, 5.74) is 7.94. The summed E-state index contributed by atoms with van der Waals surface area (Å²) >= 11 is 0. The van der Waals surface area contributed by atoms with Crippen LogP contribution >= 0.6 is 0 Å². The van der Waals surface area contributed by atoms with Crippen molar-refractivity contribution in [1.82, 2.24) is 0 Å². The first-order valence-electron chi connectivity index (χ1n) is 8.09. The molecule has 1 aliphatic heterocycles. The van der Waals surface area contributed by atoms with Gasteiger partial charge in [-0.25, -0.2) is 0 Å². The molecule has 2 heterocycles. The van der Waals surface area contributed by atoms with Gasteiger partial charge in [-0.1, -0.05) is 13.0 Å². The fourth-order valence-electron chi connectivity index (χ4n) is 2.86. The molecule has 0 saturated carbocycles. The maximum absolute atomic E-state index is 12.2. The molecule has 23 heavy (non-hydrogen) atoms. The Morgan fingerprint density at radius 1 is 1.35 bits per heavy atom. The quantitative estimate of drug-likeness (QED) is 0.909. The molecule has 0 radical (unpaired) electrons. The van der Waals surface area contributed by atoms with Crippen molar-refractivity contribution in [3.05, 3.63) is 47.9 Å². The molecule has 0 unspecified atom stereocenters. The Hall–Kier alpha value is -2.27.